The number of para-hydroxylation sites is 1. The summed E-state index contributed by atoms with van der Waals surface area (Å²) in [5, 5.41) is 23.0. The summed E-state index contributed by atoms with van der Waals surface area (Å²) in [6.45, 7) is 0.938. The highest BCUT2D eigenvalue weighted by atomic mass is 32.1. The third-order valence-electron chi connectivity index (χ3n) is 3.46. The molecule has 1 amide bonds. The zero-order valence-electron chi connectivity index (χ0n) is 14.1. The van der Waals surface area contributed by atoms with Crippen LogP contribution in [0.25, 0.3) is 16.5 Å². The lowest BCUT2D eigenvalue weighted by Gasteiger charge is -2.03. The lowest BCUT2D eigenvalue weighted by molar-refractivity contribution is -0.384. The Balaban J connectivity index is 2.18. The Hall–Kier alpha value is -3.02. The average Bonchev–Trinajstić information content (AvgIpc) is 3.11. The highest BCUT2D eigenvalue weighted by molar-refractivity contribution is 7.16. The molecule has 2 rings (SSSR count). The van der Waals surface area contributed by atoms with Crippen molar-refractivity contribution in [1.29, 1.82) is 5.26 Å². The molecular formula is C18H17N3O4S. The Morgan fingerprint density at radius 1 is 1.38 bits per heavy atom. The summed E-state index contributed by atoms with van der Waals surface area (Å²) in [5.41, 5.74) is 0.504. The van der Waals surface area contributed by atoms with E-state index in [1.165, 1.54) is 23.5 Å². The molecule has 0 aliphatic rings. The number of nitro benzene ring substituents is 1. The molecule has 7 nitrogen and oxygen atoms in total. The van der Waals surface area contributed by atoms with E-state index in [9.17, 15) is 20.2 Å². The van der Waals surface area contributed by atoms with Crippen molar-refractivity contribution < 1.29 is 14.5 Å². The van der Waals surface area contributed by atoms with E-state index in [1.807, 2.05) is 6.07 Å². The van der Waals surface area contributed by atoms with Gasteiger partial charge in [-0.2, -0.15) is 5.26 Å². The minimum absolute atomic E-state index is 0.0151. The molecule has 1 heterocycles. The second-order valence-corrected chi connectivity index (χ2v) is 6.36. The number of rotatable bonds is 8. The van der Waals surface area contributed by atoms with Crippen LogP contribution in [0.5, 0.6) is 0 Å². The summed E-state index contributed by atoms with van der Waals surface area (Å²) in [7, 11) is 1.58. The van der Waals surface area contributed by atoms with E-state index < -0.39 is 10.8 Å². The number of ether oxygens (including phenoxy) is 1. The van der Waals surface area contributed by atoms with Gasteiger partial charge in [0.2, 0.25) is 0 Å². The van der Waals surface area contributed by atoms with Crippen LogP contribution < -0.4 is 5.32 Å². The standard InChI is InChI=1S/C18H17N3O4S/c1-25-10-4-9-20-18(22)13(12-19)11-14-7-8-17(26-14)15-5-2-3-6-16(15)21(23)24/h2-3,5-8,11H,4,9-10H2,1H3,(H,20,22)/b13-11+. The van der Waals surface area contributed by atoms with Crippen LogP contribution >= 0.6 is 11.3 Å². The van der Waals surface area contributed by atoms with Crippen molar-refractivity contribution >= 4 is 29.0 Å². The van der Waals surface area contributed by atoms with Crippen LogP contribution in [0.3, 0.4) is 0 Å². The molecule has 1 aromatic carbocycles. The van der Waals surface area contributed by atoms with Crippen molar-refractivity contribution in [2.24, 2.45) is 0 Å². The first-order valence-electron chi connectivity index (χ1n) is 7.79. The Morgan fingerprint density at radius 2 is 2.15 bits per heavy atom. The number of carbonyl (C=O) groups excluding carboxylic acids is 1. The molecule has 1 N–H and O–H groups in total. The number of benzene rings is 1. The van der Waals surface area contributed by atoms with E-state index in [0.717, 1.165) is 0 Å². The summed E-state index contributed by atoms with van der Waals surface area (Å²) in [6.07, 6.45) is 2.14. The molecule has 2 aromatic rings. The van der Waals surface area contributed by atoms with Crippen LogP contribution in [0.2, 0.25) is 0 Å². The molecule has 0 aliphatic carbocycles. The molecule has 0 fully saturated rings. The number of amides is 1. The number of nitrogens with one attached hydrogen (secondary N) is 1. The first-order chi connectivity index (χ1) is 12.6. The predicted octanol–water partition coefficient (Wildman–Crippen LogP) is 3.38. The molecule has 0 bridgehead atoms. The second kappa shape index (κ2) is 9.46. The van der Waals surface area contributed by atoms with Crippen molar-refractivity contribution in [3.05, 3.63) is 57.0 Å². The van der Waals surface area contributed by atoms with E-state index in [0.29, 0.717) is 34.9 Å². The summed E-state index contributed by atoms with van der Waals surface area (Å²) in [6, 6.07) is 11.8. The SMILES string of the molecule is COCCCNC(=O)/C(C#N)=C/c1ccc(-c2ccccc2[N+](=O)[O-])s1. The Labute approximate surface area is 154 Å². The topological polar surface area (TPSA) is 105 Å². The third-order valence-corrected chi connectivity index (χ3v) is 4.52. The van der Waals surface area contributed by atoms with Gasteiger partial charge in [0.25, 0.3) is 11.6 Å². The highest BCUT2D eigenvalue weighted by Crippen LogP contribution is 2.35. The van der Waals surface area contributed by atoms with Crippen LogP contribution in [-0.4, -0.2) is 31.1 Å². The molecule has 0 spiro atoms. The molecule has 134 valence electrons. The van der Waals surface area contributed by atoms with Gasteiger partial charge < -0.3 is 10.1 Å². The number of methoxy groups -OCH3 is 1. The van der Waals surface area contributed by atoms with E-state index >= 15 is 0 Å². The van der Waals surface area contributed by atoms with Gasteiger partial charge in [-0.25, -0.2) is 0 Å². The number of hydrogen-bond donors (Lipinski definition) is 1. The fourth-order valence-electron chi connectivity index (χ4n) is 2.22. The molecule has 0 radical (unpaired) electrons. The molecule has 26 heavy (non-hydrogen) atoms. The zero-order chi connectivity index (χ0) is 18.9. The number of hydrogen-bond acceptors (Lipinski definition) is 6. The first kappa shape index (κ1) is 19.3. The second-order valence-electron chi connectivity index (χ2n) is 5.25. The zero-order valence-corrected chi connectivity index (χ0v) is 14.9. The van der Waals surface area contributed by atoms with Crippen LogP contribution in [0.1, 0.15) is 11.3 Å². The number of carbonyl (C=O) groups is 1. The summed E-state index contributed by atoms with van der Waals surface area (Å²) >= 11 is 1.28. The van der Waals surface area contributed by atoms with Gasteiger partial charge in [0.05, 0.1) is 10.5 Å². The molecular weight excluding hydrogens is 354 g/mol. The Kier molecular flexibility index (Phi) is 7.02. The lowest BCUT2D eigenvalue weighted by Crippen LogP contribution is -2.26. The molecule has 1 aromatic heterocycles. The van der Waals surface area contributed by atoms with Crippen LogP contribution in [0, 0.1) is 21.4 Å². The first-order valence-corrected chi connectivity index (χ1v) is 8.61. The molecule has 0 unspecified atom stereocenters. The minimum atomic E-state index is -0.454. The van der Waals surface area contributed by atoms with E-state index in [-0.39, 0.29) is 11.3 Å². The molecule has 0 aliphatic heterocycles. The van der Waals surface area contributed by atoms with Gasteiger partial charge in [-0.05, 0) is 30.7 Å². The van der Waals surface area contributed by atoms with E-state index in [1.54, 1.807) is 37.4 Å². The van der Waals surface area contributed by atoms with Gasteiger partial charge in [-0.15, -0.1) is 11.3 Å². The van der Waals surface area contributed by atoms with Gasteiger partial charge in [0, 0.05) is 36.1 Å². The van der Waals surface area contributed by atoms with Crippen molar-refractivity contribution in [1.82, 2.24) is 5.32 Å². The predicted molar refractivity (Wildman–Crippen MR) is 99.5 cm³/mol. The Morgan fingerprint density at radius 3 is 2.85 bits per heavy atom. The molecule has 0 atom stereocenters. The van der Waals surface area contributed by atoms with Crippen LogP contribution in [0.4, 0.5) is 5.69 Å². The van der Waals surface area contributed by atoms with Gasteiger partial charge in [-0.1, -0.05) is 12.1 Å². The number of nitrogens with zero attached hydrogens (tertiary/aromatic N) is 2. The van der Waals surface area contributed by atoms with Crippen LogP contribution in [-0.2, 0) is 9.53 Å². The summed E-state index contributed by atoms with van der Waals surface area (Å²) in [4.78, 5) is 24.1. The summed E-state index contributed by atoms with van der Waals surface area (Å²) in [5.74, 6) is -0.454. The van der Waals surface area contributed by atoms with Gasteiger partial charge >= 0.3 is 0 Å². The highest BCUT2D eigenvalue weighted by Gasteiger charge is 2.16. The normalized spacial score (nSPS) is 11.0. The smallest absolute Gasteiger partial charge is 0.278 e. The summed E-state index contributed by atoms with van der Waals surface area (Å²) < 4.78 is 4.90. The van der Waals surface area contributed by atoms with Gasteiger partial charge in [0.1, 0.15) is 11.6 Å². The Bertz CT molecular complexity index is 867. The fraction of sp³-hybridized carbons (Fsp3) is 0.222. The molecule has 8 heteroatoms. The average molecular weight is 371 g/mol. The van der Waals surface area contributed by atoms with E-state index in [2.05, 4.69) is 5.32 Å². The van der Waals surface area contributed by atoms with Crippen LogP contribution in [0.15, 0.2) is 42.0 Å². The largest absolute Gasteiger partial charge is 0.385 e. The minimum Gasteiger partial charge on any atom is -0.385 e. The quantitative estimate of drug-likeness (QED) is 0.252. The maximum Gasteiger partial charge on any atom is 0.278 e. The lowest BCUT2D eigenvalue weighted by atomic mass is 10.1. The van der Waals surface area contributed by atoms with Gasteiger partial charge in [0.15, 0.2) is 0 Å². The van der Waals surface area contributed by atoms with Crippen molar-refractivity contribution in [2.45, 2.75) is 6.42 Å². The maximum atomic E-state index is 12.0. The molecule has 0 saturated heterocycles. The van der Waals surface area contributed by atoms with Crippen molar-refractivity contribution in [2.75, 3.05) is 20.3 Å². The number of thiophene rings is 1. The molecule has 0 saturated carbocycles. The van der Waals surface area contributed by atoms with Crippen molar-refractivity contribution in [3.8, 4) is 16.5 Å². The van der Waals surface area contributed by atoms with Gasteiger partial charge in [-0.3, -0.25) is 14.9 Å². The van der Waals surface area contributed by atoms with Crippen molar-refractivity contribution in [3.63, 3.8) is 0 Å². The third kappa shape index (κ3) is 4.99. The monoisotopic (exact) mass is 371 g/mol. The maximum absolute atomic E-state index is 12.0. The number of nitro groups is 1. The van der Waals surface area contributed by atoms with E-state index in [4.69, 9.17) is 4.74 Å². The number of nitriles is 1. The fourth-order valence-corrected chi connectivity index (χ4v) is 3.21.